The molecule has 0 aliphatic heterocycles. The van der Waals surface area contributed by atoms with Crippen molar-refractivity contribution in [2.45, 2.75) is 50.3 Å². The van der Waals surface area contributed by atoms with Crippen LogP contribution in [-0.2, 0) is 4.79 Å². The third kappa shape index (κ3) is 2.31. The van der Waals surface area contributed by atoms with Crippen LogP contribution in [0.3, 0.4) is 0 Å². The maximum absolute atomic E-state index is 12.6. The van der Waals surface area contributed by atoms with Gasteiger partial charge in [0.1, 0.15) is 0 Å². The van der Waals surface area contributed by atoms with Crippen LogP contribution >= 0.6 is 0 Å². The molecule has 16 heavy (non-hydrogen) atoms. The summed E-state index contributed by atoms with van der Waals surface area (Å²) in [4.78, 5) is 10.7. The zero-order valence-corrected chi connectivity index (χ0v) is 8.76. The summed E-state index contributed by atoms with van der Waals surface area (Å²) in [6.07, 6.45) is -2.22. The third-order valence-corrected chi connectivity index (χ3v) is 3.20. The SMILES string of the molecule is O=C(O)C(O)(C1CCCCCC1)C(F)(F)F. The number of alkyl halides is 3. The zero-order chi connectivity index (χ0) is 12.4. The standard InChI is InChI=1S/C10H15F3O3/c11-10(12,13)9(16,8(14)15)7-5-3-1-2-4-6-7/h7,16H,1-6H2,(H,14,15). The van der Waals surface area contributed by atoms with Crippen LogP contribution in [0.1, 0.15) is 38.5 Å². The number of hydrogen-bond donors (Lipinski definition) is 2. The zero-order valence-electron chi connectivity index (χ0n) is 8.76. The van der Waals surface area contributed by atoms with E-state index in [-0.39, 0.29) is 12.8 Å². The van der Waals surface area contributed by atoms with Gasteiger partial charge in [0.15, 0.2) is 0 Å². The minimum Gasteiger partial charge on any atom is -0.479 e. The second kappa shape index (κ2) is 4.61. The van der Waals surface area contributed by atoms with Crippen molar-refractivity contribution in [3.63, 3.8) is 0 Å². The van der Waals surface area contributed by atoms with Gasteiger partial charge in [0, 0.05) is 5.92 Å². The van der Waals surface area contributed by atoms with Crippen molar-refractivity contribution in [3.05, 3.63) is 0 Å². The molecule has 0 saturated heterocycles. The van der Waals surface area contributed by atoms with Crippen LogP contribution in [0.2, 0.25) is 0 Å². The van der Waals surface area contributed by atoms with E-state index in [4.69, 9.17) is 5.11 Å². The largest absolute Gasteiger partial charge is 0.479 e. The van der Waals surface area contributed by atoms with Crippen molar-refractivity contribution in [1.82, 2.24) is 0 Å². The number of rotatable bonds is 2. The van der Waals surface area contributed by atoms with Gasteiger partial charge < -0.3 is 10.2 Å². The molecule has 0 aromatic rings. The van der Waals surface area contributed by atoms with Crippen molar-refractivity contribution in [1.29, 1.82) is 0 Å². The summed E-state index contributed by atoms with van der Waals surface area (Å²) >= 11 is 0. The van der Waals surface area contributed by atoms with Gasteiger partial charge in [-0.15, -0.1) is 0 Å². The first-order chi connectivity index (χ1) is 7.30. The van der Waals surface area contributed by atoms with Gasteiger partial charge in [-0.25, -0.2) is 4.79 Å². The molecule has 1 rings (SSSR count). The number of hydrogen-bond acceptors (Lipinski definition) is 2. The first-order valence-electron chi connectivity index (χ1n) is 5.32. The Kier molecular flexibility index (Phi) is 3.83. The number of halogens is 3. The molecule has 0 heterocycles. The quantitative estimate of drug-likeness (QED) is 0.728. The number of aliphatic carboxylic acids is 1. The minimum atomic E-state index is -5.12. The number of carboxylic acids is 1. The van der Waals surface area contributed by atoms with Gasteiger partial charge in [-0.2, -0.15) is 13.2 Å². The molecule has 1 saturated carbocycles. The van der Waals surface area contributed by atoms with E-state index in [0.29, 0.717) is 12.8 Å². The Morgan fingerprint density at radius 3 is 1.81 bits per heavy atom. The van der Waals surface area contributed by atoms with Gasteiger partial charge in [-0.05, 0) is 12.8 Å². The summed E-state index contributed by atoms with van der Waals surface area (Å²) in [6.45, 7) is 0. The average Bonchev–Trinajstić information content (AvgIpc) is 2.42. The third-order valence-electron chi connectivity index (χ3n) is 3.20. The lowest BCUT2D eigenvalue weighted by Gasteiger charge is -2.33. The second-order valence-corrected chi connectivity index (χ2v) is 4.26. The summed E-state index contributed by atoms with van der Waals surface area (Å²) in [5.41, 5.74) is -3.59. The highest BCUT2D eigenvalue weighted by molar-refractivity contribution is 5.78. The molecule has 0 aromatic heterocycles. The fourth-order valence-corrected chi connectivity index (χ4v) is 2.22. The molecule has 2 N–H and O–H groups in total. The Bertz CT molecular complexity index is 257. The molecular weight excluding hydrogens is 225 g/mol. The van der Waals surface area contributed by atoms with Gasteiger partial charge in [-0.1, -0.05) is 25.7 Å². The minimum absolute atomic E-state index is 0.113. The van der Waals surface area contributed by atoms with Crippen molar-refractivity contribution in [3.8, 4) is 0 Å². The van der Waals surface area contributed by atoms with Gasteiger partial charge in [-0.3, -0.25) is 0 Å². The summed E-state index contributed by atoms with van der Waals surface area (Å²) in [5, 5.41) is 18.1. The Morgan fingerprint density at radius 2 is 1.50 bits per heavy atom. The van der Waals surface area contributed by atoms with E-state index in [1.165, 1.54) is 0 Å². The smallest absolute Gasteiger partial charge is 0.428 e. The molecule has 6 heteroatoms. The molecule has 1 fully saturated rings. The van der Waals surface area contributed by atoms with Gasteiger partial charge >= 0.3 is 12.1 Å². The first-order valence-corrected chi connectivity index (χ1v) is 5.32. The molecule has 0 amide bonds. The predicted molar refractivity (Wildman–Crippen MR) is 49.8 cm³/mol. The van der Waals surface area contributed by atoms with E-state index >= 15 is 0 Å². The second-order valence-electron chi connectivity index (χ2n) is 4.26. The van der Waals surface area contributed by atoms with Crippen LogP contribution in [0.4, 0.5) is 13.2 Å². The lowest BCUT2D eigenvalue weighted by atomic mass is 9.81. The van der Waals surface area contributed by atoms with E-state index in [9.17, 15) is 23.1 Å². The first kappa shape index (κ1) is 13.3. The van der Waals surface area contributed by atoms with Crippen LogP contribution in [0.15, 0.2) is 0 Å². The summed E-state index contributed by atoms with van der Waals surface area (Å²) in [5.74, 6) is -3.42. The lowest BCUT2D eigenvalue weighted by molar-refractivity contribution is -0.277. The van der Waals surface area contributed by atoms with Crippen LogP contribution in [0.25, 0.3) is 0 Å². The Labute approximate surface area is 91.3 Å². The summed E-state index contributed by atoms with van der Waals surface area (Å²) < 4.78 is 37.9. The topological polar surface area (TPSA) is 57.5 Å². The fraction of sp³-hybridized carbons (Fsp3) is 0.900. The van der Waals surface area contributed by atoms with Crippen LogP contribution in [-0.4, -0.2) is 28.0 Å². The highest BCUT2D eigenvalue weighted by Crippen LogP contribution is 2.42. The molecular formula is C10H15F3O3. The van der Waals surface area contributed by atoms with Crippen LogP contribution in [0.5, 0.6) is 0 Å². The Balaban J connectivity index is 2.96. The van der Waals surface area contributed by atoms with Crippen molar-refractivity contribution < 1.29 is 28.2 Å². The normalized spacial score (nSPS) is 23.5. The Morgan fingerprint density at radius 1 is 1.06 bits per heavy atom. The molecule has 1 atom stereocenters. The van der Waals surface area contributed by atoms with Crippen LogP contribution < -0.4 is 0 Å². The number of carbonyl (C=O) groups is 1. The molecule has 0 radical (unpaired) electrons. The van der Waals surface area contributed by atoms with Crippen molar-refractivity contribution in [2.24, 2.45) is 5.92 Å². The number of aliphatic hydroxyl groups is 1. The summed E-state index contributed by atoms with van der Waals surface area (Å²) in [6, 6.07) is 0. The van der Waals surface area contributed by atoms with Gasteiger partial charge in [0.05, 0.1) is 0 Å². The molecule has 1 aliphatic rings. The molecule has 94 valence electrons. The van der Waals surface area contributed by atoms with E-state index in [1.807, 2.05) is 0 Å². The predicted octanol–water partition coefficient (Wildman–Crippen LogP) is 2.33. The highest BCUT2D eigenvalue weighted by atomic mass is 19.4. The monoisotopic (exact) mass is 240 g/mol. The highest BCUT2D eigenvalue weighted by Gasteiger charge is 2.63. The van der Waals surface area contributed by atoms with E-state index in [2.05, 4.69) is 0 Å². The average molecular weight is 240 g/mol. The lowest BCUT2D eigenvalue weighted by Crippen LogP contribution is -2.57. The van der Waals surface area contributed by atoms with Gasteiger partial charge in [0.25, 0.3) is 5.60 Å². The van der Waals surface area contributed by atoms with E-state index in [0.717, 1.165) is 12.8 Å². The molecule has 1 aliphatic carbocycles. The Hall–Kier alpha value is -0.780. The maximum Gasteiger partial charge on any atom is 0.428 e. The molecule has 0 aromatic carbocycles. The van der Waals surface area contributed by atoms with Crippen LogP contribution in [0, 0.1) is 5.92 Å². The molecule has 0 spiro atoms. The fourth-order valence-electron chi connectivity index (χ4n) is 2.22. The maximum atomic E-state index is 12.6. The van der Waals surface area contributed by atoms with E-state index < -0.39 is 23.7 Å². The number of carboxylic acid groups (broad SMARTS) is 1. The molecule has 0 bridgehead atoms. The molecule has 1 unspecified atom stereocenters. The van der Waals surface area contributed by atoms with Crippen molar-refractivity contribution in [2.75, 3.05) is 0 Å². The summed E-state index contributed by atoms with van der Waals surface area (Å²) in [7, 11) is 0. The van der Waals surface area contributed by atoms with Crippen molar-refractivity contribution >= 4 is 5.97 Å². The molecule has 3 nitrogen and oxygen atoms in total. The van der Waals surface area contributed by atoms with Gasteiger partial charge in [0.2, 0.25) is 0 Å². The van der Waals surface area contributed by atoms with E-state index in [1.54, 1.807) is 0 Å².